The molecule has 1 rings (SSSR count). The number of aromatic nitrogens is 1. The van der Waals surface area contributed by atoms with Crippen molar-refractivity contribution in [3.05, 3.63) is 23.9 Å². The van der Waals surface area contributed by atoms with E-state index in [0.29, 0.717) is 18.7 Å². The maximum atomic E-state index is 12.0. The first-order valence-electron chi connectivity index (χ1n) is 5.89. The average molecular weight is 328 g/mol. The van der Waals surface area contributed by atoms with E-state index < -0.39 is 12.8 Å². The van der Waals surface area contributed by atoms with E-state index in [9.17, 15) is 18.0 Å². The number of halogens is 4. The first kappa shape index (κ1) is 19.5. The SMILES string of the molecule is CNCCN(C)C(=O)c1ccc(OCC(F)(F)F)nc1.Cl. The summed E-state index contributed by atoms with van der Waals surface area (Å²) in [5.74, 6) is -0.424. The number of rotatable bonds is 6. The van der Waals surface area contributed by atoms with Crippen molar-refractivity contribution in [2.75, 3.05) is 33.8 Å². The van der Waals surface area contributed by atoms with Crippen LogP contribution < -0.4 is 10.1 Å². The van der Waals surface area contributed by atoms with Crippen molar-refractivity contribution in [3.8, 4) is 5.88 Å². The quantitative estimate of drug-likeness (QED) is 0.864. The summed E-state index contributed by atoms with van der Waals surface area (Å²) >= 11 is 0. The smallest absolute Gasteiger partial charge is 0.422 e. The van der Waals surface area contributed by atoms with Gasteiger partial charge in [-0.05, 0) is 13.1 Å². The number of alkyl halides is 3. The van der Waals surface area contributed by atoms with Gasteiger partial charge in [0.15, 0.2) is 6.61 Å². The molecule has 0 radical (unpaired) electrons. The van der Waals surface area contributed by atoms with Gasteiger partial charge in [0, 0.05) is 32.4 Å². The molecule has 1 aromatic rings. The second kappa shape index (κ2) is 8.68. The van der Waals surface area contributed by atoms with Crippen LogP contribution >= 0.6 is 12.4 Å². The average Bonchev–Trinajstić information content (AvgIpc) is 2.41. The molecule has 5 nitrogen and oxygen atoms in total. The summed E-state index contributed by atoms with van der Waals surface area (Å²) < 4.78 is 40.3. The predicted octanol–water partition coefficient (Wildman–Crippen LogP) is 1.74. The summed E-state index contributed by atoms with van der Waals surface area (Å²) in [6.07, 6.45) is -3.21. The maximum Gasteiger partial charge on any atom is 0.422 e. The van der Waals surface area contributed by atoms with Gasteiger partial charge in [-0.25, -0.2) is 4.98 Å². The zero-order valence-electron chi connectivity index (χ0n) is 11.6. The third-order valence-electron chi connectivity index (χ3n) is 2.41. The molecule has 1 aromatic heterocycles. The summed E-state index contributed by atoms with van der Waals surface area (Å²) in [7, 11) is 3.40. The second-order valence-corrected chi connectivity index (χ2v) is 4.12. The maximum absolute atomic E-state index is 12.0. The Labute approximate surface area is 126 Å². The Hall–Kier alpha value is -1.54. The van der Waals surface area contributed by atoms with Crippen LogP contribution in [0.3, 0.4) is 0 Å². The Morgan fingerprint density at radius 2 is 2.10 bits per heavy atom. The van der Waals surface area contributed by atoms with Crippen molar-refractivity contribution in [1.82, 2.24) is 15.2 Å². The lowest BCUT2D eigenvalue weighted by Gasteiger charge is -2.16. The van der Waals surface area contributed by atoms with Gasteiger partial charge in [-0.15, -0.1) is 12.4 Å². The molecule has 0 unspecified atom stereocenters. The van der Waals surface area contributed by atoms with Gasteiger partial charge in [0.2, 0.25) is 5.88 Å². The van der Waals surface area contributed by atoms with E-state index in [4.69, 9.17) is 0 Å². The van der Waals surface area contributed by atoms with Crippen molar-refractivity contribution >= 4 is 18.3 Å². The summed E-state index contributed by atoms with van der Waals surface area (Å²) in [6.45, 7) is -0.251. The molecule has 21 heavy (non-hydrogen) atoms. The lowest BCUT2D eigenvalue weighted by atomic mass is 10.2. The Morgan fingerprint density at radius 3 is 2.57 bits per heavy atom. The van der Waals surface area contributed by atoms with Gasteiger partial charge in [0.25, 0.3) is 5.91 Å². The van der Waals surface area contributed by atoms with Gasteiger partial charge in [-0.1, -0.05) is 0 Å². The van der Waals surface area contributed by atoms with Gasteiger partial charge in [0.05, 0.1) is 5.56 Å². The van der Waals surface area contributed by atoms with Crippen molar-refractivity contribution in [2.45, 2.75) is 6.18 Å². The highest BCUT2D eigenvalue weighted by molar-refractivity contribution is 5.93. The molecule has 1 heterocycles. The monoisotopic (exact) mass is 327 g/mol. The number of nitrogens with one attached hydrogen (secondary N) is 1. The normalized spacial score (nSPS) is 10.7. The molecular weight excluding hydrogens is 311 g/mol. The van der Waals surface area contributed by atoms with E-state index in [1.165, 1.54) is 23.2 Å². The lowest BCUT2D eigenvalue weighted by molar-refractivity contribution is -0.154. The van der Waals surface area contributed by atoms with Crippen molar-refractivity contribution in [2.24, 2.45) is 0 Å². The molecule has 0 aliphatic carbocycles. The topological polar surface area (TPSA) is 54.5 Å². The number of likely N-dealkylation sites (N-methyl/N-ethyl adjacent to an activating group) is 2. The minimum atomic E-state index is -4.41. The number of carbonyl (C=O) groups excluding carboxylic acids is 1. The van der Waals surface area contributed by atoms with Crippen molar-refractivity contribution in [1.29, 1.82) is 0 Å². The second-order valence-electron chi connectivity index (χ2n) is 4.12. The van der Waals surface area contributed by atoms with E-state index in [0.717, 1.165) is 0 Å². The van der Waals surface area contributed by atoms with Crippen LogP contribution in [0.25, 0.3) is 0 Å². The molecule has 120 valence electrons. The number of carbonyl (C=O) groups is 1. The van der Waals surface area contributed by atoms with Crippen LogP contribution in [-0.2, 0) is 0 Å². The molecule has 1 amide bonds. The first-order valence-corrected chi connectivity index (χ1v) is 5.89. The van der Waals surface area contributed by atoms with Crippen molar-refractivity contribution < 1.29 is 22.7 Å². The molecule has 0 fully saturated rings. The third-order valence-corrected chi connectivity index (χ3v) is 2.41. The Balaban J connectivity index is 0.00000400. The van der Waals surface area contributed by atoms with E-state index in [1.807, 2.05) is 0 Å². The fraction of sp³-hybridized carbons (Fsp3) is 0.500. The zero-order chi connectivity index (χ0) is 15.2. The van der Waals surface area contributed by atoms with Gasteiger partial charge >= 0.3 is 6.18 Å². The lowest BCUT2D eigenvalue weighted by Crippen LogP contribution is -2.32. The molecule has 0 saturated heterocycles. The highest BCUT2D eigenvalue weighted by Gasteiger charge is 2.28. The van der Waals surface area contributed by atoms with E-state index in [-0.39, 0.29) is 24.2 Å². The van der Waals surface area contributed by atoms with E-state index >= 15 is 0 Å². The largest absolute Gasteiger partial charge is 0.468 e. The van der Waals surface area contributed by atoms with Gasteiger partial charge in [0.1, 0.15) is 0 Å². The molecule has 0 aliphatic heterocycles. The Bertz CT molecular complexity index is 440. The summed E-state index contributed by atoms with van der Waals surface area (Å²) in [4.78, 5) is 17.1. The van der Waals surface area contributed by atoms with Crippen molar-refractivity contribution in [3.63, 3.8) is 0 Å². The summed E-state index contributed by atoms with van der Waals surface area (Å²) in [5.41, 5.74) is 0.294. The number of nitrogens with zero attached hydrogens (tertiary/aromatic N) is 2. The molecule has 0 spiro atoms. The van der Waals surface area contributed by atoms with E-state index in [1.54, 1.807) is 14.1 Å². The highest BCUT2D eigenvalue weighted by atomic mass is 35.5. The van der Waals surface area contributed by atoms with Crippen LogP contribution in [0.15, 0.2) is 18.3 Å². The van der Waals surface area contributed by atoms with Crippen LogP contribution in [0.2, 0.25) is 0 Å². The molecule has 0 aromatic carbocycles. The molecule has 0 bridgehead atoms. The molecule has 0 saturated carbocycles. The summed E-state index contributed by atoms with van der Waals surface area (Å²) in [6, 6.07) is 2.63. The minimum Gasteiger partial charge on any atom is -0.468 e. The van der Waals surface area contributed by atoms with Crippen LogP contribution in [-0.4, -0.2) is 55.8 Å². The number of ether oxygens (including phenoxy) is 1. The molecule has 0 aliphatic rings. The minimum absolute atomic E-state index is 0. The van der Waals surface area contributed by atoms with Crippen LogP contribution in [0.4, 0.5) is 13.2 Å². The molecular formula is C12H17ClF3N3O2. The third kappa shape index (κ3) is 7.14. The van der Waals surface area contributed by atoms with Gasteiger partial charge in [-0.3, -0.25) is 4.79 Å². The first-order chi connectivity index (χ1) is 9.33. The molecule has 9 heteroatoms. The number of amides is 1. The number of hydrogen-bond acceptors (Lipinski definition) is 4. The summed E-state index contributed by atoms with van der Waals surface area (Å²) in [5, 5.41) is 2.91. The standard InChI is InChI=1S/C12H16F3N3O2.ClH/c1-16-5-6-18(2)11(19)9-3-4-10(17-7-9)20-8-12(13,14)15;/h3-4,7,16H,5-6,8H2,1-2H3;1H. The van der Waals surface area contributed by atoms with Gasteiger partial charge < -0.3 is 15.0 Å². The van der Waals surface area contributed by atoms with Crippen LogP contribution in [0.1, 0.15) is 10.4 Å². The fourth-order valence-electron chi connectivity index (χ4n) is 1.35. The molecule has 0 atom stereocenters. The predicted molar refractivity (Wildman–Crippen MR) is 73.9 cm³/mol. The van der Waals surface area contributed by atoms with Crippen LogP contribution in [0.5, 0.6) is 5.88 Å². The Morgan fingerprint density at radius 1 is 1.43 bits per heavy atom. The fourth-order valence-corrected chi connectivity index (χ4v) is 1.35. The van der Waals surface area contributed by atoms with Crippen LogP contribution in [0, 0.1) is 0 Å². The number of pyridine rings is 1. The molecule has 1 N–H and O–H groups in total. The zero-order valence-corrected chi connectivity index (χ0v) is 12.4. The highest BCUT2D eigenvalue weighted by Crippen LogP contribution is 2.17. The Kier molecular flexibility index (Phi) is 8.05. The van der Waals surface area contributed by atoms with E-state index in [2.05, 4.69) is 15.0 Å². The van der Waals surface area contributed by atoms with Gasteiger partial charge in [-0.2, -0.15) is 13.2 Å². The number of hydrogen-bond donors (Lipinski definition) is 1.